The van der Waals surface area contributed by atoms with Gasteiger partial charge in [0.15, 0.2) is 11.0 Å². The Kier molecular flexibility index (Phi) is 7.90. The number of carbonyl (C=O) groups is 2. The third-order valence-electron chi connectivity index (χ3n) is 5.70. The number of rotatable bonds is 8. The second-order valence-corrected chi connectivity index (χ2v) is 8.81. The lowest BCUT2D eigenvalue weighted by molar-refractivity contribution is -0.119. The van der Waals surface area contributed by atoms with Crippen LogP contribution in [0.15, 0.2) is 29.4 Å². The Balaban J connectivity index is 1.54. The van der Waals surface area contributed by atoms with Gasteiger partial charge >= 0.3 is 0 Å². The monoisotopic (exact) mass is 429 g/mol. The lowest BCUT2D eigenvalue weighted by atomic mass is 9.86. The fraction of sp³-hybridized carbons (Fsp3) is 0.545. The van der Waals surface area contributed by atoms with E-state index >= 15 is 0 Å². The van der Waals surface area contributed by atoms with Gasteiger partial charge in [-0.2, -0.15) is 0 Å². The minimum Gasteiger partial charge on any atom is -0.352 e. The number of hydrogen-bond donors (Lipinski definition) is 2. The summed E-state index contributed by atoms with van der Waals surface area (Å²) < 4.78 is 1.94. The van der Waals surface area contributed by atoms with E-state index in [1.54, 1.807) is 0 Å². The van der Waals surface area contributed by atoms with E-state index in [9.17, 15) is 9.59 Å². The molecule has 162 valence electrons. The summed E-state index contributed by atoms with van der Waals surface area (Å²) in [4.78, 5) is 24.8. The van der Waals surface area contributed by atoms with Crippen molar-refractivity contribution in [1.82, 2.24) is 25.4 Å². The Morgan fingerprint density at radius 1 is 1.20 bits per heavy atom. The van der Waals surface area contributed by atoms with E-state index in [-0.39, 0.29) is 17.9 Å². The van der Waals surface area contributed by atoms with Gasteiger partial charge in [0.1, 0.15) is 0 Å². The summed E-state index contributed by atoms with van der Waals surface area (Å²) in [6.07, 6.45) is 4.68. The molecule has 0 radical (unpaired) electrons. The third kappa shape index (κ3) is 5.62. The molecule has 0 bridgehead atoms. The van der Waals surface area contributed by atoms with E-state index in [4.69, 9.17) is 0 Å². The maximum atomic E-state index is 12.4. The zero-order valence-electron chi connectivity index (χ0n) is 18.0. The zero-order chi connectivity index (χ0) is 21.5. The normalized spacial score (nSPS) is 18.8. The van der Waals surface area contributed by atoms with Crippen LogP contribution in [-0.4, -0.2) is 38.4 Å². The van der Waals surface area contributed by atoms with Crippen LogP contribution in [0.2, 0.25) is 0 Å². The number of nitrogens with zero attached hydrogens (tertiary/aromatic N) is 3. The van der Waals surface area contributed by atoms with Gasteiger partial charge in [0.25, 0.3) is 5.91 Å². The number of aryl methyl sites for hydroxylation is 1. The van der Waals surface area contributed by atoms with Crippen LogP contribution < -0.4 is 10.6 Å². The van der Waals surface area contributed by atoms with Gasteiger partial charge in [-0.3, -0.25) is 9.59 Å². The molecule has 1 aliphatic rings. The van der Waals surface area contributed by atoms with Gasteiger partial charge in [-0.25, -0.2) is 0 Å². The van der Waals surface area contributed by atoms with Gasteiger partial charge in [-0.1, -0.05) is 49.7 Å². The van der Waals surface area contributed by atoms with Crippen molar-refractivity contribution in [1.29, 1.82) is 0 Å². The van der Waals surface area contributed by atoms with E-state index in [0.29, 0.717) is 41.3 Å². The number of hydrogen-bond acceptors (Lipinski definition) is 5. The number of nitrogens with one attached hydrogen (secondary N) is 2. The Hall–Kier alpha value is -2.35. The average Bonchev–Trinajstić information content (AvgIpc) is 3.14. The van der Waals surface area contributed by atoms with Crippen molar-refractivity contribution in [3.63, 3.8) is 0 Å². The number of aromatic nitrogens is 3. The third-order valence-corrected chi connectivity index (χ3v) is 6.66. The van der Waals surface area contributed by atoms with E-state index < -0.39 is 0 Å². The van der Waals surface area contributed by atoms with Crippen LogP contribution in [0.4, 0.5) is 0 Å². The molecule has 1 aromatic heterocycles. The second-order valence-electron chi connectivity index (χ2n) is 7.87. The van der Waals surface area contributed by atoms with Gasteiger partial charge in [0.2, 0.25) is 5.91 Å². The first-order valence-electron chi connectivity index (χ1n) is 10.7. The first kappa shape index (κ1) is 22.3. The smallest absolute Gasteiger partial charge is 0.251 e. The predicted molar refractivity (Wildman–Crippen MR) is 118 cm³/mol. The van der Waals surface area contributed by atoms with Crippen molar-refractivity contribution in [3.8, 4) is 0 Å². The predicted octanol–water partition coefficient (Wildman–Crippen LogP) is 3.32. The van der Waals surface area contributed by atoms with Crippen molar-refractivity contribution in [2.24, 2.45) is 5.92 Å². The number of amides is 2. The maximum absolute atomic E-state index is 12.4. The number of thioether (sulfide) groups is 1. The van der Waals surface area contributed by atoms with Crippen LogP contribution in [0.5, 0.6) is 0 Å². The fourth-order valence-corrected chi connectivity index (χ4v) is 4.70. The summed E-state index contributed by atoms with van der Waals surface area (Å²) in [7, 11) is 0. The molecule has 3 rings (SSSR count). The van der Waals surface area contributed by atoms with Crippen molar-refractivity contribution < 1.29 is 9.59 Å². The molecule has 0 saturated heterocycles. The van der Waals surface area contributed by atoms with Gasteiger partial charge in [0, 0.05) is 18.2 Å². The van der Waals surface area contributed by atoms with Crippen LogP contribution in [0.3, 0.4) is 0 Å². The molecule has 0 unspecified atom stereocenters. The number of carbonyl (C=O) groups excluding carboxylic acids is 2. The summed E-state index contributed by atoms with van der Waals surface area (Å²) in [6.45, 7) is 7.09. The lowest BCUT2D eigenvalue weighted by Crippen LogP contribution is -2.41. The highest BCUT2D eigenvalue weighted by Crippen LogP contribution is 2.24. The Labute approximate surface area is 182 Å². The summed E-state index contributed by atoms with van der Waals surface area (Å²) in [6, 6.07) is 7.77. The first-order valence-corrected chi connectivity index (χ1v) is 11.7. The summed E-state index contributed by atoms with van der Waals surface area (Å²) in [5, 5.41) is 15.2. The second kappa shape index (κ2) is 10.6. The van der Waals surface area contributed by atoms with E-state index in [1.165, 1.54) is 31.0 Å². The SMILES string of the molecule is CCn1c(CNC(=O)c2ccccc2C)nnc1SCC(=O)N[C@H]1CCCC[C@H]1C. The molecule has 7 nitrogen and oxygen atoms in total. The molecule has 8 heteroatoms. The molecule has 2 amide bonds. The van der Waals surface area contributed by atoms with Crippen LogP contribution in [0, 0.1) is 12.8 Å². The van der Waals surface area contributed by atoms with Crippen molar-refractivity contribution in [3.05, 3.63) is 41.2 Å². The molecule has 30 heavy (non-hydrogen) atoms. The van der Waals surface area contributed by atoms with Gasteiger partial charge in [-0.05, 0) is 44.2 Å². The van der Waals surface area contributed by atoms with Crippen LogP contribution in [-0.2, 0) is 17.9 Å². The lowest BCUT2D eigenvalue weighted by Gasteiger charge is -2.29. The largest absolute Gasteiger partial charge is 0.352 e. The van der Waals surface area contributed by atoms with Crippen LogP contribution in [0.1, 0.15) is 61.3 Å². The minimum atomic E-state index is -0.131. The molecule has 1 saturated carbocycles. The quantitative estimate of drug-likeness (QED) is 0.629. The summed E-state index contributed by atoms with van der Waals surface area (Å²) in [5.74, 6) is 1.45. The van der Waals surface area contributed by atoms with Crippen LogP contribution in [0.25, 0.3) is 0 Å². The van der Waals surface area contributed by atoms with Crippen molar-refractivity contribution in [2.45, 2.75) is 70.7 Å². The maximum Gasteiger partial charge on any atom is 0.251 e. The van der Waals surface area contributed by atoms with Crippen LogP contribution >= 0.6 is 11.8 Å². The molecule has 1 heterocycles. The molecular weight excluding hydrogens is 398 g/mol. The highest BCUT2D eigenvalue weighted by molar-refractivity contribution is 7.99. The Morgan fingerprint density at radius 3 is 2.70 bits per heavy atom. The highest BCUT2D eigenvalue weighted by Gasteiger charge is 2.23. The van der Waals surface area contributed by atoms with Crippen molar-refractivity contribution >= 4 is 23.6 Å². The van der Waals surface area contributed by atoms with E-state index in [2.05, 4.69) is 27.8 Å². The molecule has 0 spiro atoms. The van der Waals surface area contributed by atoms with E-state index in [0.717, 1.165) is 12.0 Å². The van der Waals surface area contributed by atoms with Gasteiger partial charge in [0.05, 0.1) is 12.3 Å². The molecule has 2 atom stereocenters. The summed E-state index contributed by atoms with van der Waals surface area (Å²) in [5.41, 5.74) is 1.59. The molecule has 2 aromatic rings. The standard InChI is InChI=1S/C22H31N5O2S/c1-4-27-19(13-23-21(29)17-11-7-5-9-15(17)2)25-26-22(27)30-14-20(28)24-18-12-8-6-10-16(18)3/h5,7,9,11,16,18H,4,6,8,10,12-14H2,1-3H3,(H,23,29)(H,24,28)/t16-,18+/m1/s1. The molecule has 2 N–H and O–H groups in total. The molecule has 1 aromatic carbocycles. The van der Waals surface area contributed by atoms with Gasteiger partial charge < -0.3 is 15.2 Å². The zero-order valence-corrected chi connectivity index (χ0v) is 18.8. The topological polar surface area (TPSA) is 88.9 Å². The molecule has 1 fully saturated rings. The molecule has 0 aliphatic heterocycles. The minimum absolute atomic E-state index is 0.0406. The number of benzene rings is 1. The Morgan fingerprint density at radius 2 is 1.97 bits per heavy atom. The first-order chi connectivity index (χ1) is 14.5. The average molecular weight is 430 g/mol. The van der Waals surface area contributed by atoms with E-state index in [1.807, 2.05) is 42.7 Å². The molecule has 1 aliphatic carbocycles. The van der Waals surface area contributed by atoms with Gasteiger partial charge in [-0.15, -0.1) is 10.2 Å². The fourth-order valence-electron chi connectivity index (χ4n) is 3.87. The molecular formula is C22H31N5O2S. The summed E-state index contributed by atoms with van der Waals surface area (Å²) >= 11 is 1.39. The highest BCUT2D eigenvalue weighted by atomic mass is 32.2. The Bertz CT molecular complexity index is 882. The van der Waals surface area contributed by atoms with Crippen molar-refractivity contribution in [2.75, 3.05) is 5.75 Å².